The Kier molecular flexibility index (Phi) is 33.0. The van der Waals surface area contributed by atoms with Crippen LogP contribution in [0, 0.1) is 5.92 Å². The maximum atomic E-state index is 10.2. The first-order valence-corrected chi connectivity index (χ1v) is 14.9. The van der Waals surface area contributed by atoms with Crippen LogP contribution in [-0.2, 0) is 4.79 Å². The Bertz CT molecular complexity index is 356. The first-order valence-electron chi connectivity index (χ1n) is 14.9. The monoisotopic (exact) mass is 470 g/mol. The normalized spacial score (nSPS) is 11.8. The highest BCUT2D eigenvalue weighted by Crippen LogP contribution is 2.15. The number of aliphatic carboxylic acids is 1. The predicted octanol–water partition coefficient (Wildman–Crippen LogP) is 10.1. The molecule has 0 radical (unpaired) electrons. The lowest BCUT2D eigenvalue weighted by Crippen LogP contribution is -1.93. The van der Waals surface area contributed by atoms with Gasteiger partial charge in [0.15, 0.2) is 0 Å². The number of hydrogen-bond donors (Lipinski definition) is 2. The van der Waals surface area contributed by atoms with Gasteiger partial charge in [-0.2, -0.15) is 0 Å². The van der Waals surface area contributed by atoms with E-state index in [2.05, 4.69) is 20.8 Å². The summed E-state index contributed by atoms with van der Waals surface area (Å²) < 4.78 is 0. The molecule has 0 saturated carbocycles. The van der Waals surface area contributed by atoms with E-state index >= 15 is 0 Å². The molecule has 1 atom stereocenters. The van der Waals surface area contributed by atoms with Gasteiger partial charge in [-0.1, -0.05) is 156 Å². The van der Waals surface area contributed by atoms with E-state index in [1.54, 1.807) is 0 Å². The van der Waals surface area contributed by atoms with Crippen LogP contribution in [0.5, 0.6) is 0 Å². The average molecular weight is 471 g/mol. The zero-order valence-electron chi connectivity index (χ0n) is 23.1. The number of rotatable bonds is 25. The third-order valence-corrected chi connectivity index (χ3v) is 6.80. The van der Waals surface area contributed by atoms with Crippen LogP contribution in [0.3, 0.4) is 0 Å². The van der Waals surface area contributed by atoms with E-state index in [4.69, 9.17) is 10.2 Å². The fourth-order valence-electron chi connectivity index (χ4n) is 4.16. The molecule has 0 rings (SSSR count). The van der Waals surface area contributed by atoms with Gasteiger partial charge in [0.05, 0.1) is 0 Å². The maximum Gasteiger partial charge on any atom is 0.303 e. The quantitative estimate of drug-likeness (QED) is 0.130. The Morgan fingerprint density at radius 3 is 1.30 bits per heavy atom. The summed E-state index contributed by atoms with van der Waals surface area (Å²) in [7, 11) is 0. The zero-order valence-corrected chi connectivity index (χ0v) is 23.1. The first-order chi connectivity index (χ1) is 16.1. The van der Waals surface area contributed by atoms with Gasteiger partial charge in [-0.15, -0.1) is 0 Å². The van der Waals surface area contributed by atoms with Crippen molar-refractivity contribution in [2.24, 2.45) is 5.92 Å². The molecule has 0 amide bonds. The van der Waals surface area contributed by atoms with Crippen molar-refractivity contribution in [1.29, 1.82) is 0 Å². The molecule has 0 spiro atoms. The molecule has 33 heavy (non-hydrogen) atoms. The highest BCUT2D eigenvalue weighted by Gasteiger charge is 1.98. The van der Waals surface area contributed by atoms with Crippen LogP contribution >= 0.6 is 0 Å². The Hall–Kier alpha value is -0.570. The van der Waals surface area contributed by atoms with Crippen molar-refractivity contribution < 1.29 is 15.0 Å². The van der Waals surface area contributed by atoms with Gasteiger partial charge in [0.2, 0.25) is 0 Å². The van der Waals surface area contributed by atoms with Crippen LogP contribution in [0.2, 0.25) is 0 Å². The Labute approximate surface area is 208 Å². The Balaban J connectivity index is 0. The zero-order chi connectivity index (χ0) is 24.8. The lowest BCUT2D eigenvalue weighted by molar-refractivity contribution is -0.137. The fourth-order valence-corrected chi connectivity index (χ4v) is 4.16. The van der Waals surface area contributed by atoms with Gasteiger partial charge in [-0.25, -0.2) is 0 Å². The second kappa shape index (κ2) is 31.4. The smallest absolute Gasteiger partial charge is 0.303 e. The van der Waals surface area contributed by atoms with Crippen LogP contribution < -0.4 is 0 Å². The number of hydrogen-bond acceptors (Lipinski definition) is 2. The van der Waals surface area contributed by atoms with Gasteiger partial charge in [0.1, 0.15) is 0 Å². The summed E-state index contributed by atoms with van der Waals surface area (Å²) in [5.41, 5.74) is 0. The second-order valence-corrected chi connectivity index (χ2v) is 10.2. The summed E-state index contributed by atoms with van der Waals surface area (Å²) in [6.45, 7) is 7.28. The largest absolute Gasteiger partial charge is 0.481 e. The lowest BCUT2D eigenvalue weighted by Gasteiger charge is -2.07. The van der Waals surface area contributed by atoms with E-state index in [-0.39, 0.29) is 0 Å². The van der Waals surface area contributed by atoms with Gasteiger partial charge < -0.3 is 10.2 Å². The molecule has 0 aromatic carbocycles. The fraction of sp³-hybridized carbons (Fsp3) is 0.967. The van der Waals surface area contributed by atoms with E-state index < -0.39 is 5.97 Å². The minimum atomic E-state index is -0.659. The first kappa shape index (κ1) is 34.6. The number of carbonyl (C=O) groups is 1. The van der Waals surface area contributed by atoms with Crippen LogP contribution in [0.25, 0.3) is 0 Å². The summed E-state index contributed by atoms with van der Waals surface area (Å²) in [6, 6.07) is 0. The molecule has 0 aliphatic carbocycles. The predicted molar refractivity (Wildman–Crippen MR) is 146 cm³/mol. The molecule has 0 aromatic heterocycles. The van der Waals surface area contributed by atoms with Crippen LogP contribution in [0.4, 0.5) is 0 Å². The molecule has 0 aromatic rings. The summed E-state index contributed by atoms with van der Waals surface area (Å²) in [5.74, 6) is 0.277. The van der Waals surface area contributed by atoms with E-state index in [9.17, 15) is 4.79 Å². The lowest BCUT2D eigenvalue weighted by atomic mass is 9.99. The van der Waals surface area contributed by atoms with Crippen molar-refractivity contribution in [1.82, 2.24) is 0 Å². The molecule has 0 aliphatic heterocycles. The van der Waals surface area contributed by atoms with E-state index in [0.29, 0.717) is 13.0 Å². The van der Waals surface area contributed by atoms with Crippen molar-refractivity contribution in [2.75, 3.05) is 6.61 Å². The number of aliphatic hydroxyl groups is 1. The third kappa shape index (κ3) is 36.2. The van der Waals surface area contributed by atoms with Gasteiger partial charge >= 0.3 is 5.97 Å². The molecule has 0 aliphatic rings. The topological polar surface area (TPSA) is 57.5 Å². The molecular formula is C30H62O3. The van der Waals surface area contributed by atoms with E-state index in [1.807, 2.05) is 0 Å². The molecule has 0 heterocycles. The summed E-state index contributed by atoms with van der Waals surface area (Å²) in [4.78, 5) is 10.2. The molecule has 0 saturated heterocycles. The highest BCUT2D eigenvalue weighted by molar-refractivity contribution is 5.66. The minimum absolute atomic E-state index is 0.343. The number of carboxylic acid groups (broad SMARTS) is 1. The van der Waals surface area contributed by atoms with Gasteiger partial charge in [-0.3, -0.25) is 4.79 Å². The van der Waals surface area contributed by atoms with Crippen molar-refractivity contribution in [3.63, 3.8) is 0 Å². The number of carboxylic acids is 1. The van der Waals surface area contributed by atoms with Crippen LogP contribution in [0.15, 0.2) is 0 Å². The molecule has 0 fully saturated rings. The molecule has 2 N–H and O–H groups in total. The summed E-state index contributed by atoms with van der Waals surface area (Å²) in [6.07, 6.45) is 30.7. The molecule has 3 nitrogen and oxygen atoms in total. The summed E-state index contributed by atoms with van der Waals surface area (Å²) >= 11 is 0. The van der Waals surface area contributed by atoms with Gasteiger partial charge in [-0.05, 0) is 18.8 Å². The van der Waals surface area contributed by atoms with Crippen LogP contribution in [0.1, 0.15) is 175 Å². The molecule has 1 unspecified atom stereocenters. The second-order valence-electron chi connectivity index (χ2n) is 10.2. The molecular weight excluding hydrogens is 408 g/mol. The summed E-state index contributed by atoms with van der Waals surface area (Å²) in [5, 5.41) is 17.1. The van der Waals surface area contributed by atoms with Crippen LogP contribution in [-0.4, -0.2) is 22.8 Å². The number of aliphatic hydroxyl groups excluding tert-OH is 1. The Morgan fingerprint density at radius 1 is 0.576 bits per heavy atom. The standard InChI is InChI=1S/C18H38O.C12H24O2/c1-3-18(2)16-14-12-10-8-6-4-5-7-9-11-13-15-17-19;1-2-3-4-5-6-7-8-9-10-11-12(13)14/h18-19H,3-17H2,1-2H3;2-11H2,1H3,(H,13,14). The Morgan fingerprint density at radius 2 is 0.939 bits per heavy atom. The molecule has 3 heteroatoms. The van der Waals surface area contributed by atoms with Gasteiger partial charge in [0, 0.05) is 13.0 Å². The van der Waals surface area contributed by atoms with E-state index in [0.717, 1.165) is 25.2 Å². The molecule has 200 valence electrons. The van der Waals surface area contributed by atoms with Crippen molar-refractivity contribution >= 4 is 5.97 Å². The van der Waals surface area contributed by atoms with Crippen molar-refractivity contribution in [3.8, 4) is 0 Å². The minimum Gasteiger partial charge on any atom is -0.481 e. The van der Waals surface area contributed by atoms with Crippen molar-refractivity contribution in [2.45, 2.75) is 175 Å². The number of unbranched alkanes of at least 4 members (excludes halogenated alkanes) is 19. The average Bonchev–Trinajstić information content (AvgIpc) is 2.81. The molecule has 0 bridgehead atoms. The third-order valence-electron chi connectivity index (χ3n) is 6.80. The maximum absolute atomic E-state index is 10.2. The SMILES string of the molecule is CCC(C)CCCCCCCCCCCCCCO.CCCCCCCCCCCC(=O)O. The highest BCUT2D eigenvalue weighted by atomic mass is 16.4. The van der Waals surface area contributed by atoms with Crippen molar-refractivity contribution in [3.05, 3.63) is 0 Å². The van der Waals surface area contributed by atoms with Gasteiger partial charge in [0.25, 0.3) is 0 Å². The van der Waals surface area contributed by atoms with E-state index in [1.165, 1.54) is 128 Å².